The minimum absolute atomic E-state index is 0.872. The molecule has 0 N–H and O–H groups in total. The van der Waals surface area contributed by atoms with E-state index in [2.05, 4.69) is 13.0 Å². The van der Waals surface area contributed by atoms with E-state index in [4.69, 9.17) is 0 Å². The molecular weight excluding hydrogens is 188 g/mol. The minimum atomic E-state index is 0.872. The third-order valence-electron chi connectivity index (χ3n) is 1.90. The Morgan fingerprint density at radius 3 is 2.67 bits per heavy atom. The lowest BCUT2D eigenvalue weighted by Crippen LogP contribution is -1.74. The van der Waals surface area contributed by atoms with Crippen LogP contribution in [0.15, 0.2) is 6.07 Å². The summed E-state index contributed by atoms with van der Waals surface area (Å²) in [6, 6.07) is 2.15. The molecule has 2 rings (SSSR count). The van der Waals surface area contributed by atoms with Gasteiger partial charge in [0, 0.05) is 10.3 Å². The van der Waals surface area contributed by atoms with E-state index in [0.717, 1.165) is 16.7 Å². The Balaban J connectivity index is 2.82. The monoisotopic (exact) mass is 196 g/mol. The highest BCUT2D eigenvalue weighted by Crippen LogP contribution is 2.35. The van der Waals surface area contributed by atoms with Crippen LogP contribution in [0.5, 0.6) is 0 Å². The Bertz CT molecular complexity index is 436. The molecule has 0 amide bonds. The summed E-state index contributed by atoms with van der Waals surface area (Å²) in [5, 5.41) is 1.25. The Hall–Kier alpha value is -0.670. The van der Waals surface area contributed by atoms with Gasteiger partial charge in [-0.05, 0) is 25.5 Å². The van der Waals surface area contributed by atoms with Crippen LogP contribution in [0.3, 0.4) is 0 Å². The van der Waals surface area contributed by atoms with E-state index in [1.807, 2.05) is 6.92 Å². The maximum absolute atomic E-state index is 10.6. The molecular formula is C9H8OS2. The van der Waals surface area contributed by atoms with E-state index in [0.29, 0.717) is 0 Å². The highest BCUT2D eigenvalue weighted by Gasteiger charge is 2.09. The number of carbonyl (C=O) groups is 1. The zero-order valence-corrected chi connectivity index (χ0v) is 8.51. The molecule has 0 unspecified atom stereocenters. The topological polar surface area (TPSA) is 17.1 Å². The van der Waals surface area contributed by atoms with Crippen LogP contribution in [0, 0.1) is 13.8 Å². The van der Waals surface area contributed by atoms with Crippen molar-refractivity contribution in [3.63, 3.8) is 0 Å². The minimum Gasteiger partial charge on any atom is -0.297 e. The predicted molar refractivity (Wildman–Crippen MR) is 54.6 cm³/mol. The fourth-order valence-electron chi connectivity index (χ4n) is 1.25. The molecule has 0 aliphatic carbocycles. The van der Waals surface area contributed by atoms with Crippen LogP contribution in [0.4, 0.5) is 0 Å². The molecule has 1 nitrogen and oxygen atoms in total. The third-order valence-corrected chi connectivity index (χ3v) is 4.28. The van der Waals surface area contributed by atoms with Crippen molar-refractivity contribution in [2.45, 2.75) is 13.8 Å². The summed E-state index contributed by atoms with van der Waals surface area (Å²) in [6.45, 7) is 4.10. The number of thiophene rings is 2. The van der Waals surface area contributed by atoms with Crippen LogP contribution in [-0.4, -0.2) is 6.29 Å². The maximum atomic E-state index is 10.6. The van der Waals surface area contributed by atoms with Gasteiger partial charge < -0.3 is 0 Å². The smallest absolute Gasteiger partial charge is 0.160 e. The number of hydrogen-bond acceptors (Lipinski definition) is 3. The summed E-state index contributed by atoms with van der Waals surface area (Å²) < 4.78 is 1.27. The Morgan fingerprint density at radius 1 is 1.33 bits per heavy atom. The molecule has 0 saturated carbocycles. The van der Waals surface area contributed by atoms with E-state index >= 15 is 0 Å². The number of rotatable bonds is 1. The van der Waals surface area contributed by atoms with Crippen molar-refractivity contribution in [3.05, 3.63) is 21.4 Å². The highest BCUT2D eigenvalue weighted by molar-refractivity contribution is 7.39. The van der Waals surface area contributed by atoms with E-state index < -0.39 is 0 Å². The third kappa shape index (κ3) is 1.01. The SMILES string of the molecule is Cc1cc2c(C)c(C=O)sc2s1. The van der Waals surface area contributed by atoms with Crippen LogP contribution >= 0.6 is 22.7 Å². The number of fused-ring (bicyclic) bond motifs is 1. The largest absolute Gasteiger partial charge is 0.297 e. The first-order chi connectivity index (χ1) is 5.72. The summed E-state index contributed by atoms with van der Waals surface area (Å²) in [6.07, 6.45) is 0.946. The van der Waals surface area contributed by atoms with Gasteiger partial charge in [-0.2, -0.15) is 0 Å². The van der Waals surface area contributed by atoms with E-state index in [9.17, 15) is 4.79 Å². The molecule has 0 aromatic carbocycles. The van der Waals surface area contributed by atoms with E-state index in [1.165, 1.54) is 14.3 Å². The average molecular weight is 196 g/mol. The summed E-state index contributed by atoms with van der Waals surface area (Å²) in [7, 11) is 0. The van der Waals surface area contributed by atoms with E-state index in [-0.39, 0.29) is 0 Å². The van der Waals surface area contributed by atoms with Gasteiger partial charge >= 0.3 is 0 Å². The van der Waals surface area contributed by atoms with Gasteiger partial charge in [0.1, 0.15) is 0 Å². The first-order valence-electron chi connectivity index (χ1n) is 3.67. The van der Waals surface area contributed by atoms with Gasteiger partial charge in [-0.15, -0.1) is 22.7 Å². The number of aryl methyl sites for hydroxylation is 2. The predicted octanol–water partition coefficient (Wildman–Crippen LogP) is 3.39. The average Bonchev–Trinajstić information content (AvgIpc) is 2.51. The summed E-state index contributed by atoms with van der Waals surface area (Å²) in [5.74, 6) is 0. The summed E-state index contributed by atoms with van der Waals surface area (Å²) in [5.41, 5.74) is 1.13. The molecule has 0 aliphatic heterocycles. The molecule has 0 bridgehead atoms. The van der Waals surface area contributed by atoms with Crippen molar-refractivity contribution in [1.29, 1.82) is 0 Å². The molecule has 0 atom stereocenters. The van der Waals surface area contributed by atoms with Crippen molar-refractivity contribution < 1.29 is 4.79 Å². The first kappa shape index (κ1) is 7.95. The first-order valence-corrected chi connectivity index (χ1v) is 5.30. The van der Waals surface area contributed by atoms with Crippen molar-refractivity contribution in [2.24, 2.45) is 0 Å². The standard InChI is InChI=1S/C9H8OS2/c1-5-3-7-6(2)8(4-10)12-9(7)11-5/h3-4H,1-2H3. The summed E-state index contributed by atoms with van der Waals surface area (Å²) in [4.78, 5) is 12.8. The number of hydrogen-bond donors (Lipinski definition) is 0. The molecule has 0 spiro atoms. The lowest BCUT2D eigenvalue weighted by molar-refractivity contribution is 0.112. The molecule has 62 valence electrons. The van der Waals surface area contributed by atoms with Gasteiger partial charge in [0.25, 0.3) is 0 Å². The second kappa shape index (κ2) is 2.68. The molecule has 2 heterocycles. The van der Waals surface area contributed by atoms with Gasteiger partial charge in [0.05, 0.1) is 8.89 Å². The van der Waals surface area contributed by atoms with Crippen LogP contribution < -0.4 is 0 Å². The lowest BCUT2D eigenvalue weighted by Gasteiger charge is -1.84. The lowest BCUT2D eigenvalue weighted by atomic mass is 10.2. The molecule has 12 heavy (non-hydrogen) atoms. The van der Waals surface area contributed by atoms with Crippen molar-refractivity contribution in [3.8, 4) is 0 Å². The van der Waals surface area contributed by atoms with Gasteiger partial charge in [-0.1, -0.05) is 0 Å². The second-order valence-electron chi connectivity index (χ2n) is 2.77. The van der Waals surface area contributed by atoms with Crippen molar-refractivity contribution >= 4 is 38.4 Å². The second-order valence-corrected chi connectivity index (χ2v) is 5.33. The highest BCUT2D eigenvalue weighted by atomic mass is 32.2. The van der Waals surface area contributed by atoms with Gasteiger partial charge in [0.15, 0.2) is 6.29 Å². The van der Waals surface area contributed by atoms with E-state index in [1.54, 1.807) is 22.7 Å². The normalized spacial score (nSPS) is 10.8. The zero-order valence-electron chi connectivity index (χ0n) is 6.88. The maximum Gasteiger partial charge on any atom is 0.160 e. The molecule has 2 aromatic heterocycles. The molecule has 0 radical (unpaired) electrons. The summed E-state index contributed by atoms with van der Waals surface area (Å²) >= 11 is 3.36. The van der Waals surface area contributed by atoms with Crippen LogP contribution in [0.2, 0.25) is 0 Å². The van der Waals surface area contributed by atoms with Crippen molar-refractivity contribution in [2.75, 3.05) is 0 Å². The van der Waals surface area contributed by atoms with Gasteiger partial charge in [0.2, 0.25) is 0 Å². The Kier molecular flexibility index (Phi) is 1.77. The fraction of sp³-hybridized carbons (Fsp3) is 0.222. The number of carbonyl (C=O) groups excluding carboxylic acids is 1. The molecule has 2 aromatic rings. The Morgan fingerprint density at radius 2 is 2.08 bits per heavy atom. The fourth-order valence-corrected chi connectivity index (χ4v) is 3.71. The van der Waals surface area contributed by atoms with Crippen molar-refractivity contribution in [1.82, 2.24) is 0 Å². The zero-order chi connectivity index (χ0) is 8.72. The van der Waals surface area contributed by atoms with Crippen LogP contribution in [0.1, 0.15) is 20.1 Å². The quantitative estimate of drug-likeness (QED) is 0.639. The van der Waals surface area contributed by atoms with Gasteiger partial charge in [-0.25, -0.2) is 0 Å². The molecule has 0 aliphatic rings. The number of aldehydes is 1. The molecule has 0 fully saturated rings. The van der Waals surface area contributed by atoms with Crippen LogP contribution in [-0.2, 0) is 0 Å². The van der Waals surface area contributed by atoms with Crippen LogP contribution in [0.25, 0.3) is 9.40 Å². The Labute approximate surface area is 78.7 Å². The molecule has 3 heteroatoms. The van der Waals surface area contributed by atoms with Gasteiger partial charge in [-0.3, -0.25) is 4.79 Å². The molecule has 0 saturated heterocycles.